The molecule has 5 heteroatoms. The first kappa shape index (κ1) is 13.6. The van der Waals surface area contributed by atoms with E-state index in [1.165, 1.54) is 24.4 Å². The van der Waals surface area contributed by atoms with Crippen molar-refractivity contribution in [3.05, 3.63) is 59.2 Å². The Morgan fingerprint density at radius 3 is 2.65 bits per heavy atom. The number of rotatable bonds is 3. The molecule has 2 aromatic carbocycles. The first-order valence-electron chi connectivity index (χ1n) is 5.98. The number of nitrogens with zero attached hydrogens (tertiary/aromatic N) is 1. The summed E-state index contributed by atoms with van der Waals surface area (Å²) in [6.45, 7) is 1.97. The Kier molecular flexibility index (Phi) is 4.00. The molecular weight excluding hydrogens is 256 g/mol. The number of hydrogen-bond donors (Lipinski definition) is 3. The third-order valence-electron chi connectivity index (χ3n) is 2.66. The van der Waals surface area contributed by atoms with Crippen LogP contribution in [0.4, 0.5) is 0 Å². The van der Waals surface area contributed by atoms with Crippen molar-refractivity contribution in [2.45, 2.75) is 6.92 Å². The van der Waals surface area contributed by atoms with Gasteiger partial charge in [-0.25, -0.2) is 5.43 Å². The first-order chi connectivity index (χ1) is 9.56. The van der Waals surface area contributed by atoms with Crippen LogP contribution in [0.15, 0.2) is 47.6 Å². The number of amides is 1. The SMILES string of the molecule is Cc1cccc(/C=N/NC(=O)c2ccc(O)c(O)c2)c1. The van der Waals surface area contributed by atoms with Crippen molar-refractivity contribution in [1.29, 1.82) is 0 Å². The van der Waals surface area contributed by atoms with Crippen LogP contribution in [0.1, 0.15) is 21.5 Å². The maximum absolute atomic E-state index is 11.7. The first-order valence-corrected chi connectivity index (χ1v) is 5.98. The quantitative estimate of drug-likeness (QED) is 0.454. The number of phenols is 2. The van der Waals surface area contributed by atoms with E-state index in [1.807, 2.05) is 31.2 Å². The van der Waals surface area contributed by atoms with Crippen molar-refractivity contribution < 1.29 is 15.0 Å². The van der Waals surface area contributed by atoms with E-state index in [1.54, 1.807) is 0 Å². The number of aryl methyl sites for hydroxylation is 1. The van der Waals surface area contributed by atoms with Gasteiger partial charge in [-0.3, -0.25) is 4.79 Å². The van der Waals surface area contributed by atoms with Gasteiger partial charge in [-0.1, -0.05) is 29.8 Å². The van der Waals surface area contributed by atoms with E-state index in [9.17, 15) is 9.90 Å². The predicted octanol–water partition coefficient (Wildman–Crippen LogP) is 2.17. The van der Waals surface area contributed by atoms with Crippen LogP contribution < -0.4 is 5.43 Å². The average molecular weight is 270 g/mol. The molecule has 0 aliphatic rings. The van der Waals surface area contributed by atoms with Crippen molar-refractivity contribution in [3.63, 3.8) is 0 Å². The molecule has 0 radical (unpaired) electrons. The molecule has 0 aliphatic heterocycles. The molecule has 0 bridgehead atoms. The van der Waals surface area contributed by atoms with Crippen molar-refractivity contribution in [2.75, 3.05) is 0 Å². The van der Waals surface area contributed by atoms with E-state index >= 15 is 0 Å². The molecule has 0 unspecified atom stereocenters. The average Bonchev–Trinajstić information content (AvgIpc) is 2.42. The minimum atomic E-state index is -0.468. The summed E-state index contributed by atoms with van der Waals surface area (Å²) in [7, 11) is 0. The summed E-state index contributed by atoms with van der Waals surface area (Å²) in [5.74, 6) is -1.09. The van der Waals surface area contributed by atoms with Crippen molar-refractivity contribution in [2.24, 2.45) is 5.10 Å². The van der Waals surface area contributed by atoms with Crippen LogP contribution in [0.5, 0.6) is 11.5 Å². The van der Waals surface area contributed by atoms with Gasteiger partial charge in [0.15, 0.2) is 11.5 Å². The van der Waals surface area contributed by atoms with Crippen LogP contribution >= 0.6 is 0 Å². The second kappa shape index (κ2) is 5.88. The molecule has 0 aliphatic carbocycles. The third-order valence-corrected chi connectivity index (χ3v) is 2.66. The van der Waals surface area contributed by atoms with Gasteiger partial charge in [0, 0.05) is 5.56 Å². The van der Waals surface area contributed by atoms with Crippen LogP contribution in [0.3, 0.4) is 0 Å². The molecule has 1 amide bonds. The van der Waals surface area contributed by atoms with Gasteiger partial charge in [0.05, 0.1) is 6.21 Å². The topological polar surface area (TPSA) is 81.9 Å². The predicted molar refractivity (Wildman–Crippen MR) is 76.0 cm³/mol. The Balaban J connectivity index is 2.03. The van der Waals surface area contributed by atoms with Gasteiger partial charge >= 0.3 is 0 Å². The highest BCUT2D eigenvalue weighted by molar-refractivity contribution is 5.95. The molecule has 0 spiro atoms. The molecule has 5 nitrogen and oxygen atoms in total. The molecule has 0 atom stereocenters. The number of carbonyl (C=O) groups excluding carboxylic acids is 1. The van der Waals surface area contributed by atoms with E-state index in [0.29, 0.717) is 0 Å². The lowest BCUT2D eigenvalue weighted by molar-refractivity contribution is 0.0954. The monoisotopic (exact) mass is 270 g/mol. The van der Waals surface area contributed by atoms with E-state index < -0.39 is 5.91 Å². The molecule has 0 heterocycles. The zero-order chi connectivity index (χ0) is 14.5. The van der Waals surface area contributed by atoms with Gasteiger partial charge in [-0.2, -0.15) is 5.10 Å². The second-order valence-electron chi connectivity index (χ2n) is 4.32. The van der Waals surface area contributed by atoms with Gasteiger partial charge in [0.25, 0.3) is 5.91 Å². The molecular formula is C15H14N2O3. The highest BCUT2D eigenvalue weighted by Crippen LogP contribution is 2.24. The zero-order valence-corrected chi connectivity index (χ0v) is 10.9. The van der Waals surface area contributed by atoms with Crippen molar-refractivity contribution in [3.8, 4) is 11.5 Å². The normalized spacial score (nSPS) is 10.7. The summed E-state index contributed by atoms with van der Waals surface area (Å²) in [4.78, 5) is 11.7. The summed E-state index contributed by atoms with van der Waals surface area (Å²) >= 11 is 0. The zero-order valence-electron chi connectivity index (χ0n) is 10.9. The number of benzene rings is 2. The number of aromatic hydroxyl groups is 2. The lowest BCUT2D eigenvalue weighted by Gasteiger charge is -2.02. The molecule has 2 aromatic rings. The van der Waals surface area contributed by atoms with Gasteiger partial charge < -0.3 is 10.2 Å². The number of hydrogen-bond acceptors (Lipinski definition) is 4. The Hall–Kier alpha value is -2.82. The van der Waals surface area contributed by atoms with Gasteiger partial charge in [-0.15, -0.1) is 0 Å². The van der Waals surface area contributed by atoms with Gasteiger partial charge in [0.1, 0.15) is 0 Å². The fraction of sp³-hybridized carbons (Fsp3) is 0.0667. The minimum Gasteiger partial charge on any atom is -0.504 e. The summed E-state index contributed by atoms with van der Waals surface area (Å²) < 4.78 is 0. The summed E-state index contributed by atoms with van der Waals surface area (Å²) in [6.07, 6.45) is 1.53. The van der Waals surface area contributed by atoms with Crippen LogP contribution in [0.25, 0.3) is 0 Å². The maximum atomic E-state index is 11.7. The van der Waals surface area contributed by atoms with E-state index in [0.717, 1.165) is 11.1 Å². The molecule has 2 rings (SSSR count). The highest BCUT2D eigenvalue weighted by atomic mass is 16.3. The van der Waals surface area contributed by atoms with Crippen LogP contribution in [-0.2, 0) is 0 Å². The molecule has 0 fully saturated rings. The second-order valence-corrected chi connectivity index (χ2v) is 4.32. The number of hydrazone groups is 1. The van der Waals surface area contributed by atoms with E-state index in [2.05, 4.69) is 10.5 Å². The fourth-order valence-corrected chi connectivity index (χ4v) is 1.65. The summed E-state index contributed by atoms with van der Waals surface area (Å²) in [5.41, 5.74) is 4.54. The van der Waals surface area contributed by atoms with Crippen LogP contribution in [0.2, 0.25) is 0 Å². The summed E-state index contributed by atoms with van der Waals surface area (Å²) in [6, 6.07) is 11.5. The summed E-state index contributed by atoms with van der Waals surface area (Å²) in [5, 5.41) is 22.3. The largest absolute Gasteiger partial charge is 0.504 e. The van der Waals surface area contributed by atoms with Crippen molar-refractivity contribution in [1.82, 2.24) is 5.43 Å². The molecule has 3 N–H and O–H groups in total. The van der Waals surface area contributed by atoms with E-state index in [-0.39, 0.29) is 17.1 Å². The Labute approximate surface area is 116 Å². The molecule has 0 saturated carbocycles. The Morgan fingerprint density at radius 1 is 1.15 bits per heavy atom. The maximum Gasteiger partial charge on any atom is 0.271 e. The lowest BCUT2D eigenvalue weighted by atomic mass is 10.2. The smallest absolute Gasteiger partial charge is 0.271 e. The van der Waals surface area contributed by atoms with Gasteiger partial charge in [0.2, 0.25) is 0 Å². The Morgan fingerprint density at radius 2 is 1.95 bits per heavy atom. The molecule has 102 valence electrons. The third kappa shape index (κ3) is 3.35. The fourth-order valence-electron chi connectivity index (χ4n) is 1.65. The molecule has 0 saturated heterocycles. The van der Waals surface area contributed by atoms with Crippen LogP contribution in [-0.4, -0.2) is 22.3 Å². The van der Waals surface area contributed by atoms with Crippen LogP contribution in [0, 0.1) is 6.92 Å². The lowest BCUT2D eigenvalue weighted by Crippen LogP contribution is -2.17. The Bertz CT molecular complexity index is 666. The van der Waals surface area contributed by atoms with Gasteiger partial charge in [-0.05, 0) is 30.7 Å². The number of phenolic OH excluding ortho intramolecular Hbond substituents is 2. The number of nitrogens with one attached hydrogen (secondary N) is 1. The minimum absolute atomic E-state index is 0.210. The molecule has 20 heavy (non-hydrogen) atoms. The number of carbonyl (C=O) groups is 1. The van der Waals surface area contributed by atoms with Crippen molar-refractivity contribution >= 4 is 12.1 Å². The molecule has 0 aromatic heterocycles. The standard InChI is InChI=1S/C15H14N2O3/c1-10-3-2-4-11(7-10)9-16-17-15(20)12-5-6-13(18)14(19)8-12/h2-9,18-19H,1H3,(H,17,20)/b16-9+. The van der Waals surface area contributed by atoms with E-state index in [4.69, 9.17) is 5.11 Å². The highest BCUT2D eigenvalue weighted by Gasteiger charge is 2.07.